The molecule has 1 aromatic carbocycles. The van der Waals surface area contributed by atoms with Crippen LogP contribution in [-0.2, 0) is 14.8 Å². The summed E-state index contributed by atoms with van der Waals surface area (Å²) in [5.74, 6) is 0. The third-order valence-corrected chi connectivity index (χ3v) is 5.21. The molecule has 0 aromatic heterocycles. The Labute approximate surface area is 138 Å². The molecule has 1 fully saturated rings. The number of ether oxygens (including phenoxy) is 1. The lowest BCUT2D eigenvalue weighted by Crippen LogP contribution is -2.46. The molecule has 1 heterocycles. The zero-order chi connectivity index (χ0) is 16.9. The van der Waals surface area contributed by atoms with Crippen molar-refractivity contribution < 1.29 is 13.2 Å². The molecule has 2 rings (SSSR count). The van der Waals surface area contributed by atoms with Crippen molar-refractivity contribution in [2.45, 2.75) is 37.4 Å². The van der Waals surface area contributed by atoms with Crippen molar-refractivity contribution in [1.82, 2.24) is 9.62 Å². The van der Waals surface area contributed by atoms with Crippen LogP contribution in [0.15, 0.2) is 29.2 Å². The molecular weight excluding hydrogens is 314 g/mol. The maximum Gasteiger partial charge on any atom is 0.240 e. The highest BCUT2D eigenvalue weighted by Crippen LogP contribution is 2.12. The fraction of sp³-hybridized carbons (Fsp3) is 0.562. The van der Waals surface area contributed by atoms with Gasteiger partial charge in [0.15, 0.2) is 0 Å². The molecule has 1 aliphatic heterocycles. The Bertz CT molecular complexity index is 642. The molecule has 0 amide bonds. The van der Waals surface area contributed by atoms with Crippen LogP contribution in [0.1, 0.15) is 25.8 Å². The van der Waals surface area contributed by atoms with E-state index in [1.165, 1.54) is 24.3 Å². The number of rotatable bonds is 6. The molecule has 0 spiro atoms. The molecule has 2 unspecified atom stereocenters. The first-order valence-electron chi connectivity index (χ1n) is 7.78. The van der Waals surface area contributed by atoms with Crippen molar-refractivity contribution in [2.24, 2.45) is 0 Å². The third kappa shape index (κ3) is 5.29. The predicted molar refractivity (Wildman–Crippen MR) is 87.4 cm³/mol. The lowest BCUT2D eigenvalue weighted by Gasteiger charge is -2.35. The number of hydrogen-bond donors (Lipinski definition) is 1. The van der Waals surface area contributed by atoms with Crippen LogP contribution in [0.2, 0.25) is 0 Å². The second-order valence-electron chi connectivity index (χ2n) is 5.90. The van der Waals surface area contributed by atoms with Gasteiger partial charge in [-0.15, -0.1) is 0 Å². The van der Waals surface area contributed by atoms with Crippen LogP contribution in [-0.4, -0.2) is 51.7 Å². The van der Waals surface area contributed by atoms with Gasteiger partial charge in [-0.1, -0.05) is 0 Å². The monoisotopic (exact) mass is 337 g/mol. The number of nitrogens with one attached hydrogen (secondary N) is 1. The van der Waals surface area contributed by atoms with Gasteiger partial charge in [-0.05, 0) is 51.1 Å². The SMILES string of the molecule is CC1CN(CCCNS(=O)(=O)c2ccc(C#N)cc2)CC(C)O1. The van der Waals surface area contributed by atoms with Crippen LogP contribution in [0.4, 0.5) is 0 Å². The summed E-state index contributed by atoms with van der Waals surface area (Å²) in [5.41, 5.74) is 0.444. The van der Waals surface area contributed by atoms with E-state index in [-0.39, 0.29) is 17.1 Å². The van der Waals surface area contributed by atoms with Gasteiger partial charge in [0.05, 0.1) is 28.7 Å². The van der Waals surface area contributed by atoms with Gasteiger partial charge in [0.1, 0.15) is 0 Å². The van der Waals surface area contributed by atoms with Crippen LogP contribution in [0, 0.1) is 11.3 Å². The summed E-state index contributed by atoms with van der Waals surface area (Å²) in [6.07, 6.45) is 1.18. The normalized spacial score (nSPS) is 22.7. The van der Waals surface area contributed by atoms with E-state index in [9.17, 15) is 8.42 Å². The summed E-state index contributed by atoms with van der Waals surface area (Å²) in [4.78, 5) is 2.49. The molecule has 0 aliphatic carbocycles. The molecule has 1 N–H and O–H groups in total. The largest absolute Gasteiger partial charge is 0.373 e. The van der Waals surface area contributed by atoms with Crippen molar-refractivity contribution in [2.75, 3.05) is 26.2 Å². The van der Waals surface area contributed by atoms with Gasteiger partial charge in [0, 0.05) is 19.6 Å². The highest BCUT2D eigenvalue weighted by Gasteiger charge is 2.21. The van der Waals surface area contributed by atoms with Gasteiger partial charge in [-0.3, -0.25) is 4.90 Å². The molecule has 1 aromatic rings. The summed E-state index contributed by atoms with van der Waals surface area (Å²) in [6, 6.07) is 7.88. The van der Waals surface area contributed by atoms with E-state index in [0.717, 1.165) is 26.1 Å². The average Bonchev–Trinajstić information content (AvgIpc) is 2.51. The first kappa shape index (κ1) is 17.9. The highest BCUT2D eigenvalue weighted by molar-refractivity contribution is 7.89. The lowest BCUT2D eigenvalue weighted by molar-refractivity contribution is -0.0679. The molecule has 1 aliphatic rings. The molecule has 2 atom stereocenters. The maximum absolute atomic E-state index is 12.2. The number of morpholine rings is 1. The van der Waals surface area contributed by atoms with Crippen molar-refractivity contribution in [1.29, 1.82) is 5.26 Å². The Morgan fingerprint density at radius 3 is 2.43 bits per heavy atom. The Morgan fingerprint density at radius 1 is 1.26 bits per heavy atom. The summed E-state index contributed by atoms with van der Waals surface area (Å²) in [6.45, 7) is 7.10. The number of benzene rings is 1. The first-order valence-corrected chi connectivity index (χ1v) is 9.26. The zero-order valence-electron chi connectivity index (χ0n) is 13.5. The second kappa shape index (κ2) is 7.88. The van der Waals surface area contributed by atoms with Crippen LogP contribution in [0.25, 0.3) is 0 Å². The van der Waals surface area contributed by atoms with Gasteiger partial charge in [-0.2, -0.15) is 5.26 Å². The Kier molecular flexibility index (Phi) is 6.13. The second-order valence-corrected chi connectivity index (χ2v) is 7.67. The van der Waals surface area contributed by atoms with E-state index < -0.39 is 10.0 Å². The van der Waals surface area contributed by atoms with Crippen LogP contribution < -0.4 is 4.72 Å². The predicted octanol–water partition coefficient (Wildman–Crippen LogP) is 1.34. The minimum Gasteiger partial charge on any atom is -0.373 e. The lowest BCUT2D eigenvalue weighted by atomic mass is 10.2. The summed E-state index contributed by atoms with van der Waals surface area (Å²) in [7, 11) is -3.51. The van der Waals surface area contributed by atoms with E-state index in [1.54, 1.807) is 0 Å². The fourth-order valence-electron chi connectivity index (χ4n) is 2.77. The number of nitrogens with zero attached hydrogens (tertiary/aromatic N) is 2. The smallest absolute Gasteiger partial charge is 0.240 e. The van der Waals surface area contributed by atoms with Crippen LogP contribution >= 0.6 is 0 Å². The first-order chi connectivity index (χ1) is 10.9. The minimum absolute atomic E-state index is 0.185. The molecule has 7 heteroatoms. The van der Waals surface area contributed by atoms with Gasteiger partial charge in [-0.25, -0.2) is 13.1 Å². The standard InChI is InChI=1S/C16H23N3O3S/c1-13-11-19(12-14(2)22-13)9-3-8-18-23(20,21)16-6-4-15(10-17)5-7-16/h4-7,13-14,18H,3,8-9,11-12H2,1-2H3. The van der Waals surface area contributed by atoms with Gasteiger partial charge in [0.2, 0.25) is 10.0 Å². The highest BCUT2D eigenvalue weighted by atomic mass is 32.2. The minimum atomic E-state index is -3.51. The Hall–Kier alpha value is -1.46. The Balaban J connectivity index is 1.79. The molecule has 126 valence electrons. The topological polar surface area (TPSA) is 82.4 Å². The van der Waals surface area contributed by atoms with Gasteiger partial charge in [0.25, 0.3) is 0 Å². The van der Waals surface area contributed by atoms with E-state index in [1.807, 2.05) is 6.07 Å². The van der Waals surface area contributed by atoms with Crippen LogP contribution in [0.3, 0.4) is 0 Å². The molecule has 0 radical (unpaired) electrons. The summed E-state index contributed by atoms with van der Waals surface area (Å²) in [5, 5.41) is 8.74. The molecule has 0 saturated carbocycles. The number of nitriles is 1. The van der Waals surface area contributed by atoms with Crippen molar-refractivity contribution in [3.05, 3.63) is 29.8 Å². The molecule has 6 nitrogen and oxygen atoms in total. The van der Waals surface area contributed by atoms with E-state index in [4.69, 9.17) is 10.00 Å². The number of hydrogen-bond acceptors (Lipinski definition) is 5. The van der Waals surface area contributed by atoms with E-state index in [0.29, 0.717) is 12.1 Å². The molecular formula is C16H23N3O3S. The van der Waals surface area contributed by atoms with Gasteiger partial charge >= 0.3 is 0 Å². The summed E-state index contributed by atoms with van der Waals surface area (Å²) >= 11 is 0. The Morgan fingerprint density at radius 2 is 1.87 bits per heavy atom. The van der Waals surface area contributed by atoms with Crippen molar-refractivity contribution in [3.8, 4) is 6.07 Å². The molecule has 0 bridgehead atoms. The van der Waals surface area contributed by atoms with E-state index >= 15 is 0 Å². The van der Waals surface area contributed by atoms with E-state index in [2.05, 4.69) is 23.5 Å². The molecule has 23 heavy (non-hydrogen) atoms. The average molecular weight is 337 g/mol. The fourth-order valence-corrected chi connectivity index (χ4v) is 3.84. The maximum atomic E-state index is 12.2. The van der Waals surface area contributed by atoms with Gasteiger partial charge < -0.3 is 4.74 Å². The quantitative estimate of drug-likeness (QED) is 0.792. The molecule has 1 saturated heterocycles. The van der Waals surface area contributed by atoms with Crippen molar-refractivity contribution in [3.63, 3.8) is 0 Å². The number of sulfonamides is 1. The zero-order valence-corrected chi connectivity index (χ0v) is 14.3. The summed E-state index contributed by atoms with van der Waals surface area (Å²) < 4.78 is 32.6. The third-order valence-electron chi connectivity index (χ3n) is 3.73. The van der Waals surface area contributed by atoms with Crippen LogP contribution in [0.5, 0.6) is 0 Å². The van der Waals surface area contributed by atoms with Crippen molar-refractivity contribution >= 4 is 10.0 Å².